The maximum atomic E-state index is 13.1. The number of anilines is 2. The van der Waals surface area contributed by atoms with Crippen LogP contribution in [0, 0.1) is 0 Å². The molecule has 5 aromatic rings. The summed E-state index contributed by atoms with van der Waals surface area (Å²) in [7, 11) is 0. The molecule has 0 bridgehead atoms. The van der Waals surface area contributed by atoms with Gasteiger partial charge < -0.3 is 20.2 Å². The fourth-order valence-electron chi connectivity index (χ4n) is 3.84. The average molecular weight is 481 g/mol. The number of aromatic amines is 1. The smallest absolute Gasteiger partial charge is 0.319 e. The summed E-state index contributed by atoms with van der Waals surface area (Å²) in [6, 6.07) is 32.4. The number of rotatable bonds is 7. The zero-order valence-corrected chi connectivity index (χ0v) is 19.6. The predicted molar refractivity (Wildman–Crippen MR) is 143 cm³/mol. The zero-order chi connectivity index (χ0) is 24.0. The van der Waals surface area contributed by atoms with E-state index in [1.807, 2.05) is 85.1 Å². The summed E-state index contributed by atoms with van der Waals surface area (Å²) in [6.07, 6.45) is 1.89. The van der Waals surface area contributed by atoms with Crippen LogP contribution in [0.1, 0.15) is 5.56 Å². The molecule has 35 heavy (non-hydrogen) atoms. The summed E-state index contributed by atoms with van der Waals surface area (Å²) in [5, 5.41) is 6.81. The van der Waals surface area contributed by atoms with Crippen molar-refractivity contribution in [2.24, 2.45) is 0 Å². The minimum Gasteiger partial charge on any atom is -0.588 e. The monoisotopic (exact) mass is 480 g/mol. The summed E-state index contributed by atoms with van der Waals surface area (Å²) < 4.78 is 16.1. The lowest BCUT2D eigenvalue weighted by Gasteiger charge is -2.15. The second-order valence-electron chi connectivity index (χ2n) is 8.02. The molecule has 0 saturated carbocycles. The van der Waals surface area contributed by atoms with E-state index in [-0.39, 0.29) is 6.03 Å². The van der Waals surface area contributed by atoms with Crippen molar-refractivity contribution in [1.29, 1.82) is 0 Å². The van der Waals surface area contributed by atoms with Crippen LogP contribution in [0.5, 0.6) is 0 Å². The highest BCUT2D eigenvalue weighted by Crippen LogP contribution is 2.28. The molecule has 4 aromatic carbocycles. The van der Waals surface area contributed by atoms with Crippen molar-refractivity contribution in [3.05, 3.63) is 115 Å². The van der Waals surface area contributed by atoms with Crippen LogP contribution in [0.4, 0.5) is 16.2 Å². The quantitative estimate of drug-likeness (QED) is 0.206. The Morgan fingerprint density at radius 3 is 2.40 bits per heavy atom. The van der Waals surface area contributed by atoms with Crippen molar-refractivity contribution in [2.75, 3.05) is 10.0 Å². The van der Waals surface area contributed by atoms with Gasteiger partial charge in [-0.1, -0.05) is 48.5 Å². The number of aromatic nitrogens is 1. The summed E-state index contributed by atoms with van der Waals surface area (Å²) >= 11 is -1.45. The number of amides is 2. The number of hydrogen-bond acceptors (Lipinski definition) is 3. The second kappa shape index (κ2) is 10.4. The Kier molecular flexibility index (Phi) is 6.70. The highest BCUT2D eigenvalue weighted by Gasteiger charge is 2.18. The minimum atomic E-state index is -1.45. The molecule has 1 unspecified atom stereocenters. The van der Waals surface area contributed by atoms with Crippen LogP contribution >= 0.6 is 0 Å². The van der Waals surface area contributed by atoms with E-state index in [2.05, 4.69) is 20.3 Å². The lowest BCUT2D eigenvalue weighted by molar-refractivity contribution is 0.251. The first kappa shape index (κ1) is 22.6. The van der Waals surface area contributed by atoms with E-state index in [4.69, 9.17) is 0 Å². The van der Waals surface area contributed by atoms with E-state index >= 15 is 0 Å². The first-order valence-electron chi connectivity index (χ1n) is 11.2. The SMILES string of the molecule is O=C(NCc1ccc2[nH]ccc2c1)Nc1ccc(N[S+]([O-])c2ccccc2-c2ccccc2)cc1. The van der Waals surface area contributed by atoms with Crippen LogP contribution < -0.4 is 15.4 Å². The molecule has 4 N–H and O–H groups in total. The Labute approximate surface area is 206 Å². The second-order valence-corrected chi connectivity index (χ2v) is 9.20. The molecule has 6 nitrogen and oxygen atoms in total. The van der Waals surface area contributed by atoms with Crippen LogP contribution in [0.25, 0.3) is 22.0 Å². The molecule has 2 amide bonds. The number of carbonyl (C=O) groups excluding carboxylic acids is 1. The highest BCUT2D eigenvalue weighted by molar-refractivity contribution is 7.92. The number of fused-ring (bicyclic) bond motifs is 1. The third-order valence-electron chi connectivity index (χ3n) is 5.60. The molecule has 0 aliphatic rings. The summed E-state index contributed by atoms with van der Waals surface area (Å²) in [6.45, 7) is 0.423. The van der Waals surface area contributed by atoms with Crippen molar-refractivity contribution in [2.45, 2.75) is 11.4 Å². The van der Waals surface area contributed by atoms with Gasteiger partial charge in [0.1, 0.15) is 11.4 Å². The predicted octanol–water partition coefficient (Wildman–Crippen LogP) is 6.29. The van der Waals surface area contributed by atoms with Gasteiger partial charge in [-0.2, -0.15) is 0 Å². The molecule has 0 radical (unpaired) electrons. The molecule has 0 fully saturated rings. The molecule has 1 heterocycles. The van der Waals surface area contributed by atoms with Crippen LogP contribution in [0.15, 0.2) is 114 Å². The first-order valence-corrected chi connectivity index (χ1v) is 12.3. The largest absolute Gasteiger partial charge is 0.588 e. The third-order valence-corrected chi connectivity index (χ3v) is 6.77. The molecule has 1 atom stereocenters. The number of H-pyrrole nitrogens is 1. The van der Waals surface area contributed by atoms with Crippen LogP contribution in [-0.2, 0) is 17.9 Å². The Morgan fingerprint density at radius 2 is 1.57 bits per heavy atom. The van der Waals surface area contributed by atoms with E-state index in [0.29, 0.717) is 22.8 Å². The standard InChI is InChI=1S/C28H24N4O2S/c33-28(30-19-20-10-15-26-22(18-20)16-17-29-26)31-23-11-13-24(14-12-23)32-35(34)27-9-5-4-8-25(27)21-6-2-1-3-7-21/h1-18,29,32H,19H2,(H2,30,31,33). The van der Waals surface area contributed by atoms with Gasteiger partial charge in [-0.3, -0.25) is 0 Å². The molecule has 7 heteroatoms. The maximum absolute atomic E-state index is 13.1. The molecular formula is C28H24N4O2S. The average Bonchev–Trinajstić information content (AvgIpc) is 3.37. The number of carbonyl (C=O) groups is 1. The van der Waals surface area contributed by atoms with Crippen molar-refractivity contribution in [3.8, 4) is 11.1 Å². The molecule has 174 valence electrons. The highest BCUT2D eigenvalue weighted by atomic mass is 32.2. The molecule has 0 aliphatic heterocycles. The third kappa shape index (κ3) is 5.48. The van der Waals surface area contributed by atoms with Crippen LogP contribution in [-0.4, -0.2) is 15.6 Å². The maximum Gasteiger partial charge on any atom is 0.319 e. The first-order chi connectivity index (χ1) is 17.2. The van der Waals surface area contributed by atoms with Crippen LogP contribution in [0.2, 0.25) is 0 Å². The minimum absolute atomic E-state index is 0.291. The number of urea groups is 1. The van der Waals surface area contributed by atoms with Gasteiger partial charge in [0, 0.05) is 29.5 Å². The van der Waals surface area contributed by atoms with E-state index in [1.54, 1.807) is 24.3 Å². The zero-order valence-electron chi connectivity index (χ0n) is 18.8. The number of nitrogens with one attached hydrogen (secondary N) is 4. The van der Waals surface area contributed by atoms with Gasteiger partial charge in [0.15, 0.2) is 4.90 Å². The van der Waals surface area contributed by atoms with Gasteiger partial charge >= 0.3 is 6.03 Å². The van der Waals surface area contributed by atoms with Gasteiger partial charge in [-0.15, -0.1) is 0 Å². The van der Waals surface area contributed by atoms with Gasteiger partial charge in [-0.05, 0) is 71.1 Å². The molecule has 5 rings (SSSR count). The Bertz CT molecular complexity index is 1430. The molecule has 0 saturated heterocycles. The molecule has 0 aliphatic carbocycles. The van der Waals surface area contributed by atoms with Gasteiger partial charge in [-0.25, -0.2) is 9.52 Å². The molecule has 0 spiro atoms. The lowest BCUT2D eigenvalue weighted by atomic mass is 10.1. The Balaban J connectivity index is 1.18. The fourth-order valence-corrected chi connectivity index (χ4v) is 4.89. The van der Waals surface area contributed by atoms with Gasteiger partial charge in [0.2, 0.25) is 0 Å². The molecule has 1 aromatic heterocycles. The normalized spacial score (nSPS) is 11.7. The number of benzene rings is 4. The Morgan fingerprint density at radius 1 is 0.829 bits per heavy atom. The fraction of sp³-hybridized carbons (Fsp3) is 0.0357. The number of hydrogen-bond donors (Lipinski definition) is 4. The lowest BCUT2D eigenvalue weighted by Crippen LogP contribution is -2.28. The van der Waals surface area contributed by atoms with Crippen molar-refractivity contribution >= 4 is 39.7 Å². The summed E-state index contributed by atoms with van der Waals surface area (Å²) in [5.74, 6) is 0. The van der Waals surface area contributed by atoms with E-state index in [9.17, 15) is 9.35 Å². The summed E-state index contributed by atoms with van der Waals surface area (Å²) in [4.78, 5) is 16.2. The van der Waals surface area contributed by atoms with E-state index in [0.717, 1.165) is 27.6 Å². The van der Waals surface area contributed by atoms with Crippen LogP contribution in [0.3, 0.4) is 0 Å². The van der Waals surface area contributed by atoms with E-state index in [1.165, 1.54) is 0 Å². The van der Waals surface area contributed by atoms with E-state index < -0.39 is 11.4 Å². The van der Waals surface area contributed by atoms with Crippen molar-refractivity contribution in [1.82, 2.24) is 10.3 Å². The van der Waals surface area contributed by atoms with Gasteiger partial charge in [0.05, 0.1) is 5.69 Å². The topological polar surface area (TPSA) is 92.0 Å². The molecular weight excluding hydrogens is 456 g/mol. The summed E-state index contributed by atoms with van der Waals surface area (Å²) in [5.41, 5.74) is 5.35. The van der Waals surface area contributed by atoms with Gasteiger partial charge in [0.25, 0.3) is 0 Å². The van der Waals surface area contributed by atoms with Crippen molar-refractivity contribution in [3.63, 3.8) is 0 Å². The Hall–Kier alpha value is -4.20. The van der Waals surface area contributed by atoms with Crippen molar-refractivity contribution < 1.29 is 9.35 Å².